The lowest BCUT2D eigenvalue weighted by atomic mass is 9.72. The average Bonchev–Trinajstić information content (AvgIpc) is 3.47. The number of anilines is 5. The Balaban J connectivity index is 1.45. The van der Waals surface area contributed by atoms with Gasteiger partial charge >= 0.3 is 0 Å². The summed E-state index contributed by atoms with van der Waals surface area (Å²) in [5.41, 5.74) is 7.15. The maximum Gasteiger partial charge on any atom is 0.178 e. The zero-order valence-corrected chi connectivity index (χ0v) is 20.5. The fourth-order valence-corrected chi connectivity index (χ4v) is 6.96. The molecule has 0 spiro atoms. The summed E-state index contributed by atoms with van der Waals surface area (Å²) in [5.74, 6) is 2.03. The van der Waals surface area contributed by atoms with Gasteiger partial charge in [-0.3, -0.25) is 0 Å². The number of allylic oxidation sites excluding steroid dienone is 1. The Kier molecular flexibility index (Phi) is 4.15. The van der Waals surface area contributed by atoms with E-state index < -0.39 is 0 Å². The summed E-state index contributed by atoms with van der Waals surface area (Å²) in [6, 6.07) is 28.1. The van der Waals surface area contributed by atoms with Gasteiger partial charge in [0.05, 0.1) is 5.69 Å². The highest BCUT2D eigenvalue weighted by molar-refractivity contribution is 5.90. The van der Waals surface area contributed by atoms with Crippen LogP contribution < -0.4 is 14.7 Å². The Bertz CT molecular complexity index is 1580. The van der Waals surface area contributed by atoms with Crippen molar-refractivity contribution in [3.05, 3.63) is 121 Å². The van der Waals surface area contributed by atoms with Crippen LogP contribution in [0.25, 0.3) is 5.57 Å². The molecule has 5 heterocycles. The Morgan fingerprint density at radius 1 is 0.703 bits per heavy atom. The molecule has 4 aliphatic heterocycles. The van der Waals surface area contributed by atoms with Gasteiger partial charge < -0.3 is 19.6 Å². The van der Waals surface area contributed by atoms with Gasteiger partial charge in [-0.05, 0) is 35.4 Å². The molecular formula is C31H26N6. The van der Waals surface area contributed by atoms with Gasteiger partial charge in [-0.1, -0.05) is 61.2 Å². The maximum absolute atomic E-state index is 4.90. The summed E-state index contributed by atoms with van der Waals surface area (Å²) < 4.78 is 0. The average molecular weight is 483 g/mol. The van der Waals surface area contributed by atoms with E-state index in [9.17, 15) is 0 Å². The number of aromatic nitrogens is 2. The minimum Gasteiger partial charge on any atom is -0.358 e. The first-order chi connectivity index (χ1) is 18.2. The number of hydrogen-bond acceptors (Lipinski definition) is 6. The summed E-state index contributed by atoms with van der Waals surface area (Å²) in [7, 11) is 2.19. The predicted octanol–water partition coefficient (Wildman–Crippen LogP) is 6.08. The van der Waals surface area contributed by atoms with Crippen LogP contribution in [0.5, 0.6) is 0 Å². The molecule has 180 valence electrons. The molecule has 6 nitrogen and oxygen atoms in total. The summed E-state index contributed by atoms with van der Waals surface area (Å²) in [6.45, 7) is 4.77. The van der Waals surface area contributed by atoms with E-state index in [1.807, 2.05) is 0 Å². The number of hydrogen-bond donors (Lipinski definition) is 0. The number of nitrogens with zero attached hydrogens (tertiary/aromatic N) is 6. The molecule has 0 bridgehead atoms. The second-order valence-corrected chi connectivity index (χ2v) is 10.1. The van der Waals surface area contributed by atoms with Crippen LogP contribution in [0.2, 0.25) is 0 Å². The largest absolute Gasteiger partial charge is 0.358 e. The first-order valence-corrected chi connectivity index (χ1v) is 12.7. The fourth-order valence-electron chi connectivity index (χ4n) is 6.96. The molecule has 0 saturated carbocycles. The zero-order chi connectivity index (χ0) is 24.7. The third kappa shape index (κ3) is 2.64. The third-order valence-electron chi connectivity index (χ3n) is 8.35. The van der Waals surface area contributed by atoms with Crippen LogP contribution in [0.4, 0.5) is 28.7 Å². The molecule has 37 heavy (non-hydrogen) atoms. The van der Waals surface area contributed by atoms with Crippen molar-refractivity contribution in [3.63, 3.8) is 0 Å². The van der Waals surface area contributed by atoms with Crippen molar-refractivity contribution in [2.75, 3.05) is 21.7 Å². The van der Waals surface area contributed by atoms with E-state index in [0.29, 0.717) is 0 Å². The Hall–Kier alpha value is -4.58. The lowest BCUT2D eigenvalue weighted by Crippen LogP contribution is -2.58. The van der Waals surface area contributed by atoms with Crippen molar-refractivity contribution in [1.29, 1.82) is 0 Å². The second-order valence-electron chi connectivity index (χ2n) is 10.1. The van der Waals surface area contributed by atoms with E-state index in [-0.39, 0.29) is 24.2 Å². The van der Waals surface area contributed by atoms with Crippen molar-refractivity contribution >= 4 is 34.3 Å². The fraction of sp³-hybridized carbons (Fsp3) is 0.161. The highest BCUT2D eigenvalue weighted by Crippen LogP contribution is 2.60. The quantitative estimate of drug-likeness (QED) is 0.327. The van der Waals surface area contributed by atoms with Crippen molar-refractivity contribution in [1.82, 2.24) is 14.9 Å². The number of rotatable bonds is 1. The number of fused-ring (bicyclic) bond motifs is 12. The third-order valence-corrected chi connectivity index (χ3v) is 8.35. The highest BCUT2D eigenvalue weighted by atomic mass is 15.5. The van der Waals surface area contributed by atoms with E-state index in [4.69, 9.17) is 16.5 Å². The SMILES string of the molecule is C=C1c2ccccc2N2C=CN(C)C2C2C1c1ccccc1N1c3nccnc3N(c3ccccc3)C21. The Morgan fingerprint density at radius 2 is 1.38 bits per heavy atom. The lowest BCUT2D eigenvalue weighted by molar-refractivity contribution is 0.210. The van der Waals surface area contributed by atoms with Gasteiger partial charge in [0.25, 0.3) is 0 Å². The van der Waals surface area contributed by atoms with Crippen molar-refractivity contribution in [2.24, 2.45) is 5.92 Å². The smallest absolute Gasteiger partial charge is 0.178 e. The van der Waals surface area contributed by atoms with E-state index >= 15 is 0 Å². The van der Waals surface area contributed by atoms with Crippen molar-refractivity contribution in [3.8, 4) is 0 Å². The van der Waals surface area contributed by atoms with Gasteiger partial charge in [0.2, 0.25) is 0 Å². The molecule has 0 amide bonds. The van der Waals surface area contributed by atoms with Gasteiger partial charge in [0.1, 0.15) is 12.3 Å². The molecule has 4 unspecified atom stereocenters. The maximum atomic E-state index is 4.90. The molecule has 6 heteroatoms. The first kappa shape index (κ1) is 20.6. The van der Waals surface area contributed by atoms with E-state index in [1.54, 1.807) is 12.4 Å². The van der Waals surface area contributed by atoms with Crippen LogP contribution in [0.15, 0.2) is 110 Å². The molecule has 0 aliphatic carbocycles. The summed E-state index contributed by atoms with van der Waals surface area (Å²) in [6.07, 6.45) is 8.07. The van der Waals surface area contributed by atoms with Crippen LogP contribution in [0.3, 0.4) is 0 Å². The minimum absolute atomic E-state index is 0.0411. The van der Waals surface area contributed by atoms with Gasteiger partial charge in [-0.25, -0.2) is 9.97 Å². The molecule has 1 aromatic heterocycles. The summed E-state index contributed by atoms with van der Waals surface area (Å²) >= 11 is 0. The van der Waals surface area contributed by atoms with Gasteiger partial charge in [0, 0.05) is 60.6 Å². The highest BCUT2D eigenvalue weighted by Gasteiger charge is 2.57. The normalized spacial score (nSPS) is 24.6. The van der Waals surface area contributed by atoms with E-state index in [2.05, 4.69) is 118 Å². The minimum atomic E-state index is -0.0411. The standard InChI is InChI=1S/C31H26N6/c1-20-22-12-6-8-14-24(22)35-19-18-34(2)30(35)27-26(20)23-13-7-9-15-25(23)37-29-28(32-16-17-33-29)36(31(27)37)21-10-4-3-5-11-21/h3-19,26-27,30-31H,1H2,2H3. The molecule has 0 saturated heterocycles. The predicted molar refractivity (Wildman–Crippen MR) is 148 cm³/mol. The summed E-state index contributed by atoms with van der Waals surface area (Å²) in [5, 5.41) is 0. The second kappa shape index (κ2) is 7.46. The molecular weight excluding hydrogens is 456 g/mol. The molecule has 4 aromatic rings. The Labute approximate surface area is 216 Å². The number of benzene rings is 3. The van der Waals surface area contributed by atoms with E-state index in [0.717, 1.165) is 22.9 Å². The van der Waals surface area contributed by atoms with Crippen molar-refractivity contribution < 1.29 is 0 Å². The van der Waals surface area contributed by atoms with Crippen LogP contribution in [-0.2, 0) is 0 Å². The molecule has 8 rings (SSSR count). The van der Waals surface area contributed by atoms with Crippen LogP contribution in [0.1, 0.15) is 17.0 Å². The van der Waals surface area contributed by atoms with Gasteiger partial charge in [-0.15, -0.1) is 0 Å². The monoisotopic (exact) mass is 482 g/mol. The molecule has 4 atom stereocenters. The Morgan fingerprint density at radius 3 is 2.19 bits per heavy atom. The van der Waals surface area contributed by atoms with Crippen molar-refractivity contribution in [2.45, 2.75) is 18.2 Å². The molecule has 0 N–H and O–H groups in total. The first-order valence-electron chi connectivity index (χ1n) is 12.7. The van der Waals surface area contributed by atoms with Gasteiger partial charge in [0.15, 0.2) is 11.6 Å². The zero-order valence-electron chi connectivity index (χ0n) is 20.5. The number of para-hydroxylation sites is 3. The van der Waals surface area contributed by atoms with E-state index in [1.165, 1.54) is 22.5 Å². The van der Waals surface area contributed by atoms with Crippen LogP contribution >= 0.6 is 0 Å². The molecule has 3 aromatic carbocycles. The molecule has 4 aliphatic rings. The molecule has 0 radical (unpaired) electrons. The topological polar surface area (TPSA) is 38.7 Å². The lowest BCUT2D eigenvalue weighted by Gasteiger charge is -2.50. The van der Waals surface area contributed by atoms with Crippen LogP contribution in [0, 0.1) is 5.92 Å². The molecule has 0 fully saturated rings. The summed E-state index contributed by atoms with van der Waals surface area (Å²) in [4.78, 5) is 19.4. The van der Waals surface area contributed by atoms with Crippen LogP contribution in [-0.4, -0.2) is 34.2 Å². The van der Waals surface area contributed by atoms with Gasteiger partial charge in [-0.2, -0.15) is 0 Å².